The van der Waals surface area contributed by atoms with Crippen LogP contribution in [0.5, 0.6) is 5.75 Å². The lowest BCUT2D eigenvalue weighted by molar-refractivity contribution is -0.142. The molecule has 18 heavy (non-hydrogen) atoms. The van der Waals surface area contributed by atoms with Crippen molar-refractivity contribution in [2.24, 2.45) is 5.41 Å². The van der Waals surface area contributed by atoms with Crippen LogP contribution in [0.25, 0.3) is 0 Å². The lowest BCUT2D eigenvalue weighted by Gasteiger charge is -2.16. The van der Waals surface area contributed by atoms with Crippen LogP contribution in [0.2, 0.25) is 5.02 Å². The molecule has 1 aromatic rings. The molecule has 0 radical (unpaired) electrons. The Bertz CT molecular complexity index is 483. The Hall–Kier alpha value is -1.42. The van der Waals surface area contributed by atoms with Gasteiger partial charge in [0, 0.05) is 17.6 Å². The number of aliphatic carboxylic acids is 1. The molecule has 0 atom stereocenters. The highest BCUT2D eigenvalue weighted by molar-refractivity contribution is 6.31. The lowest BCUT2D eigenvalue weighted by Crippen LogP contribution is -2.24. The Morgan fingerprint density at radius 1 is 1.56 bits per heavy atom. The van der Waals surface area contributed by atoms with Crippen molar-refractivity contribution in [2.45, 2.75) is 19.8 Å². The highest BCUT2D eigenvalue weighted by Gasteiger charge is 2.50. The number of hydrogen-bond acceptors (Lipinski definition) is 3. The molecule has 1 fully saturated rings. The van der Waals surface area contributed by atoms with Gasteiger partial charge < -0.3 is 15.2 Å². The van der Waals surface area contributed by atoms with Crippen LogP contribution in [0.3, 0.4) is 0 Å². The fraction of sp³-hybridized carbons (Fsp3) is 0.462. The quantitative estimate of drug-likeness (QED) is 0.863. The summed E-state index contributed by atoms with van der Waals surface area (Å²) in [6.07, 6.45) is 1.45. The zero-order valence-corrected chi connectivity index (χ0v) is 11.2. The molecule has 0 aromatic heterocycles. The maximum Gasteiger partial charge on any atom is 0.311 e. The largest absolute Gasteiger partial charge is 0.495 e. The summed E-state index contributed by atoms with van der Waals surface area (Å²) in [4.78, 5) is 11.1. The van der Waals surface area contributed by atoms with Crippen molar-refractivity contribution in [1.82, 2.24) is 0 Å². The van der Waals surface area contributed by atoms with E-state index in [0.717, 1.165) is 24.1 Å². The number of anilines is 1. The number of ether oxygens (including phenoxy) is 1. The van der Waals surface area contributed by atoms with Gasteiger partial charge in [-0.2, -0.15) is 0 Å². The van der Waals surface area contributed by atoms with Gasteiger partial charge in [-0.15, -0.1) is 0 Å². The predicted octanol–water partition coefficient (Wildman–Crippen LogP) is 2.93. The summed E-state index contributed by atoms with van der Waals surface area (Å²) < 4.78 is 5.23. The van der Waals surface area contributed by atoms with Crippen LogP contribution in [-0.2, 0) is 4.79 Å². The van der Waals surface area contributed by atoms with E-state index in [1.807, 2.05) is 13.0 Å². The smallest absolute Gasteiger partial charge is 0.311 e. The molecular weight excluding hydrogens is 254 g/mol. The normalized spacial score (nSPS) is 16.2. The highest BCUT2D eigenvalue weighted by Crippen LogP contribution is 2.46. The Morgan fingerprint density at radius 3 is 2.72 bits per heavy atom. The summed E-state index contributed by atoms with van der Waals surface area (Å²) in [7, 11) is 1.57. The number of carboxylic acid groups (broad SMARTS) is 1. The van der Waals surface area contributed by atoms with Gasteiger partial charge in [-0.3, -0.25) is 4.79 Å². The van der Waals surface area contributed by atoms with E-state index in [2.05, 4.69) is 5.32 Å². The fourth-order valence-electron chi connectivity index (χ4n) is 1.85. The number of nitrogens with one attached hydrogen (secondary N) is 1. The summed E-state index contributed by atoms with van der Waals surface area (Å²) in [5, 5.41) is 12.9. The summed E-state index contributed by atoms with van der Waals surface area (Å²) in [6.45, 7) is 2.32. The van der Waals surface area contributed by atoms with Crippen molar-refractivity contribution in [3.05, 3.63) is 22.7 Å². The van der Waals surface area contributed by atoms with E-state index < -0.39 is 11.4 Å². The Labute approximate surface area is 111 Å². The summed E-state index contributed by atoms with van der Waals surface area (Å²) >= 11 is 6.02. The first-order valence-corrected chi connectivity index (χ1v) is 6.18. The van der Waals surface area contributed by atoms with Gasteiger partial charge in [0.05, 0.1) is 18.2 Å². The van der Waals surface area contributed by atoms with E-state index in [1.165, 1.54) is 0 Å². The highest BCUT2D eigenvalue weighted by atomic mass is 35.5. The van der Waals surface area contributed by atoms with E-state index >= 15 is 0 Å². The van der Waals surface area contributed by atoms with Crippen LogP contribution in [-0.4, -0.2) is 24.7 Å². The van der Waals surface area contributed by atoms with Crippen LogP contribution in [0.4, 0.5) is 5.69 Å². The molecule has 0 spiro atoms. The SMILES string of the molecule is COc1cc(Cl)c(C)cc1NCC1(C(=O)O)CC1. The third kappa shape index (κ3) is 2.38. The molecule has 4 nitrogen and oxygen atoms in total. The topological polar surface area (TPSA) is 58.6 Å². The maximum absolute atomic E-state index is 11.1. The van der Waals surface area contributed by atoms with Crippen LogP contribution >= 0.6 is 11.6 Å². The molecule has 0 heterocycles. The van der Waals surface area contributed by atoms with Gasteiger partial charge in [0.15, 0.2) is 0 Å². The molecule has 0 amide bonds. The minimum absolute atomic E-state index is 0.416. The third-order valence-electron chi connectivity index (χ3n) is 3.41. The van der Waals surface area contributed by atoms with Gasteiger partial charge in [-0.25, -0.2) is 0 Å². The van der Waals surface area contributed by atoms with Gasteiger partial charge in [0.2, 0.25) is 0 Å². The zero-order chi connectivity index (χ0) is 13.3. The van der Waals surface area contributed by atoms with Crippen molar-refractivity contribution in [1.29, 1.82) is 0 Å². The van der Waals surface area contributed by atoms with E-state index in [1.54, 1.807) is 13.2 Å². The molecule has 1 saturated carbocycles. The molecular formula is C13H16ClNO3. The average molecular weight is 270 g/mol. The zero-order valence-electron chi connectivity index (χ0n) is 10.4. The predicted molar refractivity (Wildman–Crippen MR) is 70.5 cm³/mol. The number of carbonyl (C=O) groups is 1. The van der Waals surface area contributed by atoms with Gasteiger partial charge in [0.25, 0.3) is 0 Å². The summed E-state index contributed by atoms with van der Waals surface area (Å²) in [6, 6.07) is 3.61. The number of rotatable bonds is 5. The van der Waals surface area contributed by atoms with E-state index in [9.17, 15) is 4.79 Å². The number of halogens is 1. The number of hydrogen-bond donors (Lipinski definition) is 2. The molecule has 98 valence electrons. The van der Waals surface area contributed by atoms with Crippen molar-refractivity contribution in [3.8, 4) is 5.75 Å². The van der Waals surface area contributed by atoms with Crippen LogP contribution in [0.1, 0.15) is 18.4 Å². The summed E-state index contributed by atoms with van der Waals surface area (Å²) in [5.41, 5.74) is 1.12. The van der Waals surface area contributed by atoms with Crippen molar-refractivity contribution in [3.63, 3.8) is 0 Å². The summed E-state index contributed by atoms with van der Waals surface area (Å²) in [5.74, 6) is -0.105. The number of methoxy groups -OCH3 is 1. The molecule has 2 N–H and O–H groups in total. The van der Waals surface area contributed by atoms with Crippen LogP contribution < -0.4 is 10.1 Å². The number of benzene rings is 1. The molecule has 1 aliphatic carbocycles. The minimum Gasteiger partial charge on any atom is -0.495 e. The monoisotopic (exact) mass is 269 g/mol. The molecule has 0 unspecified atom stereocenters. The van der Waals surface area contributed by atoms with E-state index in [4.69, 9.17) is 21.4 Å². The van der Waals surface area contributed by atoms with Crippen LogP contribution in [0, 0.1) is 12.3 Å². The molecule has 0 saturated heterocycles. The maximum atomic E-state index is 11.1. The Morgan fingerprint density at radius 2 is 2.22 bits per heavy atom. The van der Waals surface area contributed by atoms with Crippen molar-refractivity contribution >= 4 is 23.3 Å². The minimum atomic E-state index is -0.736. The molecule has 0 aliphatic heterocycles. The van der Waals surface area contributed by atoms with Gasteiger partial charge >= 0.3 is 5.97 Å². The second-order valence-corrected chi connectivity index (χ2v) is 5.15. The first-order valence-electron chi connectivity index (χ1n) is 5.80. The third-order valence-corrected chi connectivity index (χ3v) is 3.81. The number of carboxylic acids is 1. The van der Waals surface area contributed by atoms with Gasteiger partial charge in [-0.1, -0.05) is 11.6 Å². The molecule has 0 bridgehead atoms. The standard InChI is InChI=1S/C13H16ClNO3/c1-8-5-10(11(18-2)6-9(8)14)15-7-13(3-4-13)12(16)17/h5-6,15H,3-4,7H2,1-2H3,(H,16,17). The van der Waals surface area contributed by atoms with E-state index in [-0.39, 0.29) is 0 Å². The first kappa shape index (κ1) is 13.0. The van der Waals surface area contributed by atoms with Gasteiger partial charge in [-0.05, 0) is 31.4 Å². The van der Waals surface area contributed by atoms with Crippen LogP contribution in [0.15, 0.2) is 12.1 Å². The molecule has 2 rings (SSSR count). The second kappa shape index (κ2) is 4.69. The fourth-order valence-corrected chi connectivity index (χ4v) is 2.01. The Kier molecular flexibility index (Phi) is 3.39. The van der Waals surface area contributed by atoms with Gasteiger partial charge in [0.1, 0.15) is 5.75 Å². The molecule has 1 aromatic carbocycles. The first-order chi connectivity index (χ1) is 8.48. The van der Waals surface area contributed by atoms with E-state index in [0.29, 0.717) is 17.3 Å². The van der Waals surface area contributed by atoms with Crippen molar-refractivity contribution < 1.29 is 14.6 Å². The average Bonchev–Trinajstić information content (AvgIpc) is 3.11. The number of aryl methyl sites for hydroxylation is 1. The second-order valence-electron chi connectivity index (χ2n) is 4.74. The Balaban J connectivity index is 2.14. The van der Waals surface area contributed by atoms with Crippen molar-refractivity contribution in [2.75, 3.05) is 19.0 Å². The molecule has 1 aliphatic rings. The lowest BCUT2D eigenvalue weighted by atomic mass is 10.1. The molecule has 5 heteroatoms.